The predicted octanol–water partition coefficient (Wildman–Crippen LogP) is 2.27. The van der Waals surface area contributed by atoms with Crippen molar-refractivity contribution >= 4 is 23.1 Å². The molecular weight excluding hydrogens is 216 g/mol. The van der Waals surface area contributed by atoms with Crippen molar-refractivity contribution in [1.82, 2.24) is 0 Å². The van der Waals surface area contributed by atoms with Crippen molar-refractivity contribution in [3.63, 3.8) is 0 Å². The Bertz CT molecular complexity index is 495. The average Bonchev–Trinajstić information content (AvgIpc) is 2.88. The smallest absolute Gasteiger partial charge is 0.338 e. The molecule has 2 aromatic rings. The molecule has 76 valence electrons. The second-order valence-electron chi connectivity index (χ2n) is 2.81. The highest BCUT2D eigenvalue weighted by Gasteiger charge is 2.16. The van der Waals surface area contributed by atoms with Crippen molar-refractivity contribution in [2.45, 2.75) is 0 Å². The van der Waals surface area contributed by atoms with Gasteiger partial charge in [-0.05, 0) is 11.4 Å². The van der Waals surface area contributed by atoms with E-state index in [1.54, 1.807) is 17.5 Å². The first-order valence-electron chi connectivity index (χ1n) is 4.08. The summed E-state index contributed by atoms with van der Waals surface area (Å²) in [6.45, 7) is 0. The monoisotopic (exact) mass is 222 g/mol. The second-order valence-corrected chi connectivity index (χ2v) is 3.76. The fourth-order valence-corrected chi connectivity index (χ4v) is 1.77. The molecule has 0 atom stereocenters. The Kier molecular flexibility index (Phi) is 2.39. The molecular formula is C10H6O4S. The van der Waals surface area contributed by atoms with Gasteiger partial charge in [0.2, 0.25) is 5.78 Å². The normalized spacial score (nSPS) is 10.1. The standard InChI is InChI=1S/C10H6O4S/c11-9(8-2-1-3-15-8)7-4-6(5-14-7)10(12)13/h1-5H,(H,12,13). The summed E-state index contributed by atoms with van der Waals surface area (Å²) in [4.78, 5) is 22.8. The van der Waals surface area contributed by atoms with Crippen LogP contribution < -0.4 is 0 Å². The molecule has 0 aliphatic heterocycles. The van der Waals surface area contributed by atoms with Crippen LogP contribution in [0.3, 0.4) is 0 Å². The number of carboxylic acids is 1. The van der Waals surface area contributed by atoms with E-state index in [9.17, 15) is 9.59 Å². The summed E-state index contributed by atoms with van der Waals surface area (Å²) in [6, 6.07) is 4.64. The van der Waals surface area contributed by atoms with Gasteiger partial charge < -0.3 is 9.52 Å². The molecule has 15 heavy (non-hydrogen) atoms. The number of furan rings is 1. The predicted molar refractivity (Wildman–Crippen MR) is 53.4 cm³/mol. The van der Waals surface area contributed by atoms with Crippen LogP contribution in [-0.2, 0) is 0 Å². The minimum absolute atomic E-state index is 0.0186. The van der Waals surface area contributed by atoms with E-state index in [0.717, 1.165) is 6.26 Å². The number of hydrogen-bond acceptors (Lipinski definition) is 4. The molecule has 2 heterocycles. The lowest BCUT2D eigenvalue weighted by atomic mass is 10.2. The van der Waals surface area contributed by atoms with E-state index in [0.29, 0.717) is 4.88 Å². The van der Waals surface area contributed by atoms with Gasteiger partial charge in [0.1, 0.15) is 6.26 Å². The maximum atomic E-state index is 11.7. The Hall–Kier alpha value is -1.88. The third-order valence-corrected chi connectivity index (χ3v) is 2.68. The molecule has 2 rings (SSSR count). The van der Waals surface area contributed by atoms with Gasteiger partial charge in [0.25, 0.3) is 0 Å². The zero-order valence-electron chi connectivity index (χ0n) is 7.47. The maximum absolute atomic E-state index is 11.7. The van der Waals surface area contributed by atoms with Crippen LogP contribution in [0, 0.1) is 0 Å². The largest absolute Gasteiger partial charge is 0.478 e. The average molecular weight is 222 g/mol. The summed E-state index contributed by atoms with van der Waals surface area (Å²) >= 11 is 1.29. The van der Waals surface area contributed by atoms with Crippen molar-refractivity contribution in [2.24, 2.45) is 0 Å². The van der Waals surface area contributed by atoms with Gasteiger partial charge in [-0.1, -0.05) is 6.07 Å². The Balaban J connectivity index is 2.31. The minimum Gasteiger partial charge on any atom is -0.478 e. The first-order chi connectivity index (χ1) is 7.18. The topological polar surface area (TPSA) is 67.5 Å². The van der Waals surface area contributed by atoms with Crippen LogP contribution in [0.5, 0.6) is 0 Å². The number of ketones is 1. The Morgan fingerprint density at radius 2 is 2.20 bits per heavy atom. The summed E-state index contributed by atoms with van der Waals surface area (Å²) in [5, 5.41) is 10.4. The quantitative estimate of drug-likeness (QED) is 0.809. The highest BCUT2D eigenvalue weighted by molar-refractivity contribution is 7.12. The van der Waals surface area contributed by atoms with E-state index in [1.165, 1.54) is 17.4 Å². The zero-order chi connectivity index (χ0) is 10.8. The van der Waals surface area contributed by atoms with Gasteiger partial charge in [-0.15, -0.1) is 11.3 Å². The van der Waals surface area contributed by atoms with Crippen LogP contribution >= 0.6 is 11.3 Å². The van der Waals surface area contributed by atoms with Gasteiger partial charge in [0.05, 0.1) is 10.4 Å². The summed E-state index contributed by atoms with van der Waals surface area (Å²) in [5.74, 6) is -1.35. The lowest BCUT2D eigenvalue weighted by molar-refractivity contribution is 0.0696. The van der Waals surface area contributed by atoms with Crippen molar-refractivity contribution < 1.29 is 19.1 Å². The molecule has 0 saturated carbocycles. The number of rotatable bonds is 3. The number of carboxylic acid groups (broad SMARTS) is 1. The van der Waals surface area contributed by atoms with E-state index in [1.807, 2.05) is 0 Å². The molecule has 2 aromatic heterocycles. The van der Waals surface area contributed by atoms with Crippen molar-refractivity contribution in [3.05, 3.63) is 46.0 Å². The highest BCUT2D eigenvalue weighted by atomic mass is 32.1. The number of carbonyl (C=O) groups is 2. The Labute approximate surface area is 88.8 Å². The van der Waals surface area contributed by atoms with Crippen LogP contribution in [0.25, 0.3) is 0 Å². The number of carbonyl (C=O) groups excluding carboxylic acids is 1. The molecule has 0 aliphatic carbocycles. The summed E-state index contributed by atoms with van der Waals surface area (Å²) in [5.41, 5.74) is -0.0186. The molecule has 0 spiro atoms. The van der Waals surface area contributed by atoms with Gasteiger partial charge in [-0.25, -0.2) is 4.79 Å². The molecule has 0 aromatic carbocycles. The number of hydrogen-bond donors (Lipinski definition) is 1. The van der Waals surface area contributed by atoms with E-state index in [-0.39, 0.29) is 17.1 Å². The summed E-state index contributed by atoms with van der Waals surface area (Å²) in [7, 11) is 0. The van der Waals surface area contributed by atoms with Crippen LogP contribution in [0.1, 0.15) is 25.8 Å². The van der Waals surface area contributed by atoms with Crippen LogP contribution in [0.2, 0.25) is 0 Å². The Morgan fingerprint density at radius 3 is 2.73 bits per heavy atom. The van der Waals surface area contributed by atoms with Gasteiger partial charge in [0.15, 0.2) is 5.76 Å². The van der Waals surface area contributed by atoms with Gasteiger partial charge in [-0.2, -0.15) is 0 Å². The molecule has 4 nitrogen and oxygen atoms in total. The van der Waals surface area contributed by atoms with Crippen molar-refractivity contribution in [3.8, 4) is 0 Å². The fraction of sp³-hybridized carbons (Fsp3) is 0. The number of aromatic carboxylic acids is 1. The van der Waals surface area contributed by atoms with Crippen LogP contribution in [0.4, 0.5) is 0 Å². The maximum Gasteiger partial charge on any atom is 0.338 e. The van der Waals surface area contributed by atoms with Gasteiger partial charge >= 0.3 is 5.97 Å². The molecule has 0 aliphatic rings. The second kappa shape index (κ2) is 3.70. The molecule has 0 bridgehead atoms. The first kappa shape index (κ1) is 9.67. The molecule has 0 unspecified atom stereocenters. The highest BCUT2D eigenvalue weighted by Crippen LogP contribution is 2.17. The van der Waals surface area contributed by atoms with E-state index >= 15 is 0 Å². The SMILES string of the molecule is O=C(O)c1coc(C(=O)c2cccs2)c1. The van der Waals surface area contributed by atoms with Crippen LogP contribution in [-0.4, -0.2) is 16.9 Å². The molecule has 0 saturated heterocycles. The first-order valence-corrected chi connectivity index (χ1v) is 4.96. The van der Waals surface area contributed by atoms with E-state index < -0.39 is 5.97 Å². The fourth-order valence-electron chi connectivity index (χ4n) is 1.10. The van der Waals surface area contributed by atoms with E-state index in [2.05, 4.69) is 0 Å². The molecule has 0 amide bonds. The summed E-state index contributed by atoms with van der Waals surface area (Å²) in [6.07, 6.45) is 1.06. The molecule has 5 heteroatoms. The van der Waals surface area contributed by atoms with Gasteiger partial charge in [-0.3, -0.25) is 4.79 Å². The third-order valence-electron chi connectivity index (χ3n) is 1.82. The lowest BCUT2D eigenvalue weighted by Crippen LogP contribution is -1.97. The minimum atomic E-state index is -1.11. The van der Waals surface area contributed by atoms with Crippen molar-refractivity contribution in [2.75, 3.05) is 0 Å². The number of thiophene rings is 1. The Morgan fingerprint density at radius 1 is 1.40 bits per heavy atom. The van der Waals surface area contributed by atoms with Crippen LogP contribution in [0.15, 0.2) is 34.3 Å². The molecule has 0 radical (unpaired) electrons. The zero-order valence-corrected chi connectivity index (χ0v) is 8.28. The summed E-state index contributed by atoms with van der Waals surface area (Å²) < 4.78 is 4.89. The third kappa shape index (κ3) is 1.82. The molecule has 0 fully saturated rings. The lowest BCUT2D eigenvalue weighted by Gasteiger charge is -1.89. The molecule has 1 N–H and O–H groups in total. The van der Waals surface area contributed by atoms with Crippen molar-refractivity contribution in [1.29, 1.82) is 0 Å². The van der Waals surface area contributed by atoms with E-state index in [4.69, 9.17) is 9.52 Å². The van der Waals surface area contributed by atoms with Gasteiger partial charge in [0, 0.05) is 6.07 Å².